The molecule has 178 valence electrons. The second kappa shape index (κ2) is 10.6. The van der Waals surface area contributed by atoms with E-state index in [1.165, 1.54) is 33.6 Å². The summed E-state index contributed by atoms with van der Waals surface area (Å²) >= 11 is -2.22. The average Bonchev–Trinajstić information content (AvgIpc) is 3.17. The van der Waals surface area contributed by atoms with E-state index < -0.39 is 13.5 Å². The molecule has 0 bridgehead atoms. The summed E-state index contributed by atoms with van der Waals surface area (Å²) in [5.41, 5.74) is 8.15. The maximum absolute atomic E-state index is 6.89. The second-order valence-electron chi connectivity index (χ2n) is 9.93. The molecule has 0 amide bonds. The second-order valence-corrected chi connectivity index (χ2v) is 15.6. The number of halogens is 2. The van der Waals surface area contributed by atoms with Gasteiger partial charge in [-0.1, -0.05) is 0 Å². The van der Waals surface area contributed by atoms with Gasteiger partial charge in [0.05, 0.1) is 0 Å². The number of hydrogen-bond donors (Lipinski definition) is 0. The summed E-state index contributed by atoms with van der Waals surface area (Å²) in [5.74, 6) is 1.72. The first-order chi connectivity index (χ1) is 15.1. The first kappa shape index (κ1) is 25.7. The Labute approximate surface area is 208 Å². The van der Waals surface area contributed by atoms with Crippen LogP contribution in [0.5, 0.6) is 0 Å². The van der Waals surface area contributed by atoms with Crippen LogP contribution in [0.3, 0.4) is 0 Å². The zero-order valence-electron chi connectivity index (χ0n) is 20.7. The fourth-order valence-corrected chi connectivity index (χ4v) is 7.91. The van der Waals surface area contributed by atoms with Crippen LogP contribution in [0.2, 0.25) is 0 Å². The van der Waals surface area contributed by atoms with E-state index in [1.54, 1.807) is 0 Å². The minimum atomic E-state index is -2.22. The summed E-state index contributed by atoms with van der Waals surface area (Å²) in [6.45, 7) is 20.0. The molecule has 0 aromatic heterocycles. The van der Waals surface area contributed by atoms with Gasteiger partial charge in [-0.3, -0.25) is 0 Å². The number of rotatable bonds is 6. The van der Waals surface area contributed by atoms with Crippen molar-refractivity contribution in [2.75, 3.05) is 22.9 Å². The molecule has 32 heavy (non-hydrogen) atoms. The number of para-hydroxylation sites is 2. The van der Waals surface area contributed by atoms with Gasteiger partial charge in [-0.05, 0) is 0 Å². The predicted molar refractivity (Wildman–Crippen MR) is 141 cm³/mol. The van der Waals surface area contributed by atoms with Gasteiger partial charge in [0.1, 0.15) is 0 Å². The molecule has 1 saturated heterocycles. The first-order valence-electron chi connectivity index (χ1n) is 11.7. The molecule has 0 spiro atoms. The summed E-state index contributed by atoms with van der Waals surface area (Å²) in [4.78, 5) is 4.93. The molecule has 0 radical (unpaired) electrons. The molecule has 1 fully saturated rings. The van der Waals surface area contributed by atoms with Crippen molar-refractivity contribution >= 4 is 35.1 Å². The molecule has 2 nitrogen and oxygen atoms in total. The Morgan fingerprint density at radius 2 is 0.875 bits per heavy atom. The van der Waals surface area contributed by atoms with Crippen LogP contribution >= 0.6 is 19.4 Å². The van der Waals surface area contributed by atoms with Gasteiger partial charge in [0, 0.05) is 0 Å². The van der Waals surface area contributed by atoms with Crippen molar-refractivity contribution in [1.82, 2.24) is 0 Å². The zero-order valence-corrected chi connectivity index (χ0v) is 23.9. The van der Waals surface area contributed by atoms with E-state index in [-0.39, 0.29) is 0 Å². The van der Waals surface area contributed by atoms with E-state index in [1.807, 2.05) is 0 Å². The fraction of sp³-hybridized carbons (Fsp3) is 0.519. The molecular weight excluding hydrogens is 524 g/mol. The Morgan fingerprint density at radius 1 is 0.594 bits per heavy atom. The number of nitrogens with zero attached hydrogens (tertiary/aromatic N) is 2. The van der Waals surface area contributed by atoms with Crippen molar-refractivity contribution < 1.29 is 13.5 Å². The maximum atomic E-state index is 6.89. The Bertz CT molecular complexity index is 865. The summed E-state index contributed by atoms with van der Waals surface area (Å²) in [6, 6.07) is 13.5. The van der Waals surface area contributed by atoms with Crippen LogP contribution in [0.15, 0.2) is 36.4 Å². The third kappa shape index (κ3) is 4.96. The molecule has 5 heteroatoms. The first-order valence-corrected chi connectivity index (χ1v) is 17.1. The molecule has 0 atom stereocenters. The van der Waals surface area contributed by atoms with Gasteiger partial charge < -0.3 is 0 Å². The molecule has 1 heterocycles. The van der Waals surface area contributed by atoms with Crippen molar-refractivity contribution in [1.29, 1.82) is 0 Å². The van der Waals surface area contributed by atoms with E-state index in [0.29, 0.717) is 23.7 Å². The molecule has 1 aliphatic rings. The molecule has 1 aliphatic heterocycles. The van der Waals surface area contributed by atoms with E-state index in [4.69, 9.17) is 19.4 Å². The van der Waals surface area contributed by atoms with Crippen LogP contribution in [-0.2, 0) is 13.5 Å². The molecule has 0 saturated carbocycles. The van der Waals surface area contributed by atoms with Crippen LogP contribution in [0, 0.1) is 0 Å². The van der Waals surface area contributed by atoms with Crippen LogP contribution in [0.25, 0.3) is 0 Å². The minimum absolute atomic E-state index is 0.430. The summed E-state index contributed by atoms with van der Waals surface area (Å²) < 4.78 is 1.13. The van der Waals surface area contributed by atoms with E-state index in [2.05, 4.69) is 102 Å². The predicted octanol–water partition coefficient (Wildman–Crippen LogP) is 8.52. The van der Waals surface area contributed by atoms with Gasteiger partial charge in [0.2, 0.25) is 0 Å². The van der Waals surface area contributed by atoms with Crippen LogP contribution in [0.4, 0.5) is 11.4 Å². The van der Waals surface area contributed by atoms with Crippen LogP contribution in [0.1, 0.15) is 101 Å². The summed E-state index contributed by atoms with van der Waals surface area (Å²) in [7, 11) is 13.8. The Kier molecular flexibility index (Phi) is 8.51. The summed E-state index contributed by atoms with van der Waals surface area (Å²) in [5, 5.41) is 0. The van der Waals surface area contributed by atoms with Gasteiger partial charge >= 0.3 is 209 Å². The fourth-order valence-electron chi connectivity index (χ4n) is 4.72. The Morgan fingerprint density at radius 3 is 1.09 bits per heavy atom. The van der Waals surface area contributed by atoms with Gasteiger partial charge in [0.25, 0.3) is 0 Å². The third-order valence-corrected chi connectivity index (χ3v) is 9.26. The van der Waals surface area contributed by atoms with E-state index in [9.17, 15) is 0 Å². The third-order valence-electron chi connectivity index (χ3n) is 6.32. The molecule has 3 rings (SSSR count). The van der Waals surface area contributed by atoms with Crippen LogP contribution < -0.4 is 9.80 Å². The Balaban J connectivity index is 2.25. The van der Waals surface area contributed by atoms with Crippen molar-refractivity contribution in [3.63, 3.8) is 0 Å². The normalized spacial score (nSPS) is 15.2. The van der Waals surface area contributed by atoms with Gasteiger partial charge in [0.15, 0.2) is 0 Å². The molecule has 2 aromatic carbocycles. The van der Waals surface area contributed by atoms with Crippen LogP contribution in [-0.4, -0.2) is 17.4 Å². The van der Waals surface area contributed by atoms with E-state index >= 15 is 0 Å². The van der Waals surface area contributed by atoms with Crippen molar-refractivity contribution in [2.24, 2.45) is 0 Å². The monoisotopic (exact) mass is 562 g/mol. The number of anilines is 2. The van der Waals surface area contributed by atoms with Crippen molar-refractivity contribution in [3.05, 3.63) is 58.7 Å². The molecule has 0 N–H and O–H groups in total. The van der Waals surface area contributed by atoms with Gasteiger partial charge in [-0.15, -0.1) is 0 Å². The zero-order chi connectivity index (χ0) is 23.7. The average molecular weight is 563 g/mol. The van der Waals surface area contributed by atoms with Crippen molar-refractivity contribution in [2.45, 2.75) is 79.1 Å². The van der Waals surface area contributed by atoms with E-state index in [0.717, 1.165) is 17.4 Å². The standard InChI is InChI=1S/C27H38N2.2ClH.Ru/c1-18(2)22-11-9-12-23(19(3)4)26(22)28-15-16-29(17-28)27-24(20(5)6)13-10-14-25(27)21(7)8;;;/h9-14,18-21H,15-16H2,1-8H3;2*1H;/q;;;+2/p-2. The molecule has 2 aromatic rings. The summed E-state index contributed by atoms with van der Waals surface area (Å²) in [6.07, 6.45) is 0. The molecule has 0 aliphatic carbocycles. The number of benzene rings is 2. The van der Waals surface area contributed by atoms with Gasteiger partial charge in [-0.2, -0.15) is 0 Å². The van der Waals surface area contributed by atoms with Gasteiger partial charge in [-0.25, -0.2) is 0 Å². The van der Waals surface area contributed by atoms with Crippen molar-refractivity contribution in [3.8, 4) is 0 Å². The molecule has 0 unspecified atom stereocenters. The topological polar surface area (TPSA) is 6.48 Å². The SMILES string of the molecule is CC(C)c1cccc(C(C)C)c1N1CCN(c2c(C(C)C)cccc2C(C)C)[C]1=[Ru]([Cl])[Cl]. The molecular formula is C27H38Cl2N2Ru. The quantitative estimate of drug-likeness (QED) is 0.326. The Hall–Kier alpha value is -0.887. The number of hydrogen-bond acceptors (Lipinski definition) is 2.